The van der Waals surface area contributed by atoms with Crippen LogP contribution in [-0.4, -0.2) is 60.6 Å². The summed E-state index contributed by atoms with van der Waals surface area (Å²) in [6.07, 6.45) is 3.08. The van der Waals surface area contributed by atoms with Crippen molar-refractivity contribution in [1.82, 2.24) is 15.2 Å². The zero-order valence-corrected chi connectivity index (χ0v) is 26.1. The number of aromatic nitrogens is 1. The van der Waals surface area contributed by atoms with Crippen molar-refractivity contribution in [2.75, 3.05) is 38.1 Å². The average Bonchev–Trinajstić information content (AvgIpc) is 3.37. The molecule has 1 aliphatic heterocycles. The summed E-state index contributed by atoms with van der Waals surface area (Å²) in [4.78, 5) is 34.1. The van der Waals surface area contributed by atoms with Crippen LogP contribution in [0.4, 0.5) is 5.69 Å². The predicted octanol–water partition coefficient (Wildman–Crippen LogP) is 5.95. The number of hydrogen-bond donors (Lipinski definition) is 2. The van der Waals surface area contributed by atoms with Crippen LogP contribution >= 0.6 is 0 Å². The van der Waals surface area contributed by atoms with Crippen molar-refractivity contribution in [3.05, 3.63) is 101 Å². The van der Waals surface area contributed by atoms with Gasteiger partial charge < -0.3 is 24.8 Å². The van der Waals surface area contributed by atoms with Gasteiger partial charge in [0.05, 0.1) is 12.5 Å². The van der Waals surface area contributed by atoms with Gasteiger partial charge in [0, 0.05) is 61.0 Å². The molecule has 0 spiro atoms. The molecule has 1 unspecified atom stereocenters. The summed E-state index contributed by atoms with van der Waals surface area (Å²) >= 11 is 0. The van der Waals surface area contributed by atoms with Crippen molar-refractivity contribution in [2.45, 2.75) is 58.6 Å². The van der Waals surface area contributed by atoms with Gasteiger partial charge in [-0.25, -0.2) is 0 Å². The number of piperazine rings is 1. The third kappa shape index (κ3) is 7.85. The number of ether oxygens (including phenoxy) is 1. The Morgan fingerprint density at radius 3 is 2.44 bits per heavy atom. The molecule has 0 radical (unpaired) electrons. The lowest BCUT2D eigenvalue weighted by molar-refractivity contribution is -0.154. The summed E-state index contributed by atoms with van der Waals surface area (Å²) in [6.45, 7) is 11.7. The number of likely N-dealkylation sites (N-methyl/N-ethyl adjacent to an activating group) is 1. The monoisotopic (exact) mass is 580 g/mol. The number of fused-ring (bicyclic) bond motifs is 1. The zero-order chi connectivity index (χ0) is 30.6. The van der Waals surface area contributed by atoms with Crippen molar-refractivity contribution >= 4 is 28.5 Å². The fourth-order valence-electron chi connectivity index (χ4n) is 5.77. The first kappa shape index (κ1) is 30.4. The fraction of sp³-hybridized carbons (Fsp3) is 0.389. The number of rotatable bonds is 9. The maximum absolute atomic E-state index is 13.7. The Hall–Kier alpha value is -4.10. The molecule has 2 N–H and O–H groups in total. The largest absolute Gasteiger partial charge is 0.460 e. The Labute approximate surface area is 255 Å². The van der Waals surface area contributed by atoms with Crippen molar-refractivity contribution in [3.63, 3.8) is 0 Å². The number of aryl methyl sites for hydroxylation is 2. The number of carbonyl (C=O) groups is 2. The normalized spacial score (nSPS) is 15.0. The highest BCUT2D eigenvalue weighted by atomic mass is 16.6. The molecule has 0 bridgehead atoms. The molecular formula is C36H44N4O3. The van der Waals surface area contributed by atoms with E-state index < -0.39 is 5.60 Å². The lowest BCUT2D eigenvalue weighted by Gasteiger charge is -2.36. The molecule has 1 atom stereocenters. The first-order chi connectivity index (χ1) is 20.6. The van der Waals surface area contributed by atoms with Crippen molar-refractivity contribution < 1.29 is 14.3 Å². The maximum atomic E-state index is 13.7. The van der Waals surface area contributed by atoms with Gasteiger partial charge in [-0.15, -0.1) is 0 Å². The van der Waals surface area contributed by atoms with Crippen molar-refractivity contribution in [2.24, 2.45) is 0 Å². The molecule has 226 valence electrons. The van der Waals surface area contributed by atoms with Crippen LogP contribution in [0, 0.1) is 6.92 Å². The number of aromatic amines is 1. The van der Waals surface area contributed by atoms with E-state index in [2.05, 4.69) is 70.5 Å². The Bertz CT molecular complexity index is 1560. The predicted molar refractivity (Wildman–Crippen MR) is 173 cm³/mol. The SMILES string of the molecule is Cc1ccc(C(NC(=O)Cc2ccc3[nH]cc(CCC(=O)OC(C)(C)C)c3c2)c2ccccc2)c(N2CCN(C)CC2)c1. The van der Waals surface area contributed by atoms with Gasteiger partial charge in [0.15, 0.2) is 0 Å². The van der Waals surface area contributed by atoms with E-state index in [-0.39, 0.29) is 24.3 Å². The molecule has 1 saturated heterocycles. The van der Waals surface area contributed by atoms with Gasteiger partial charge in [-0.1, -0.05) is 48.5 Å². The number of anilines is 1. The van der Waals surface area contributed by atoms with Crippen LogP contribution in [0.2, 0.25) is 0 Å². The minimum absolute atomic E-state index is 0.0380. The summed E-state index contributed by atoms with van der Waals surface area (Å²) in [7, 11) is 2.16. The number of H-pyrrole nitrogens is 1. The van der Waals surface area contributed by atoms with Crippen molar-refractivity contribution in [3.8, 4) is 0 Å². The molecular weight excluding hydrogens is 536 g/mol. The van der Waals surface area contributed by atoms with Crippen LogP contribution in [-0.2, 0) is 27.2 Å². The van der Waals surface area contributed by atoms with Crippen LogP contribution in [0.1, 0.15) is 61.1 Å². The van der Waals surface area contributed by atoms with Gasteiger partial charge in [-0.05, 0) is 81.6 Å². The molecule has 0 saturated carbocycles. The number of nitrogens with zero attached hydrogens (tertiary/aromatic N) is 2. The highest BCUT2D eigenvalue weighted by Crippen LogP contribution is 2.33. The average molecular weight is 581 g/mol. The second kappa shape index (κ2) is 13.0. The summed E-state index contributed by atoms with van der Waals surface area (Å²) in [5, 5.41) is 4.41. The topological polar surface area (TPSA) is 77.7 Å². The second-order valence-electron chi connectivity index (χ2n) is 12.7. The lowest BCUT2D eigenvalue weighted by atomic mass is 9.94. The Morgan fingerprint density at radius 2 is 1.72 bits per heavy atom. The fourth-order valence-corrected chi connectivity index (χ4v) is 5.77. The lowest BCUT2D eigenvalue weighted by Crippen LogP contribution is -2.45. The number of hydrogen-bond acceptors (Lipinski definition) is 5. The van der Waals surface area contributed by atoms with Crippen LogP contribution < -0.4 is 10.2 Å². The Kier molecular flexibility index (Phi) is 9.21. The van der Waals surface area contributed by atoms with Crippen LogP contribution in [0.15, 0.2) is 72.9 Å². The van der Waals surface area contributed by atoms with E-state index in [4.69, 9.17) is 4.74 Å². The van der Waals surface area contributed by atoms with E-state index in [9.17, 15) is 9.59 Å². The second-order valence-corrected chi connectivity index (χ2v) is 12.7. The molecule has 3 aromatic carbocycles. The van der Waals surface area contributed by atoms with Gasteiger partial charge in [0.1, 0.15) is 5.60 Å². The molecule has 2 heterocycles. The van der Waals surface area contributed by atoms with E-state index in [0.29, 0.717) is 12.8 Å². The molecule has 43 heavy (non-hydrogen) atoms. The number of esters is 1. The van der Waals surface area contributed by atoms with Crippen LogP contribution in [0.25, 0.3) is 10.9 Å². The number of nitrogens with one attached hydrogen (secondary N) is 2. The van der Waals surface area contributed by atoms with Crippen LogP contribution in [0.3, 0.4) is 0 Å². The molecule has 1 aliphatic rings. The molecule has 7 nitrogen and oxygen atoms in total. The standard InChI is InChI=1S/C36H44N4O3/c1-25-11-14-29(32(21-25)40-19-17-39(5)18-20-40)35(27-9-7-6-8-10-27)38-33(41)23-26-12-15-31-30(22-26)28(24-37-31)13-16-34(42)43-36(2,3)4/h6-12,14-15,21-22,24,35,37H,13,16-20,23H2,1-5H3,(H,38,41). The van der Waals surface area contributed by atoms with Gasteiger partial charge >= 0.3 is 5.97 Å². The summed E-state index contributed by atoms with van der Waals surface area (Å²) in [5.41, 5.74) is 7.02. The minimum Gasteiger partial charge on any atom is -0.460 e. The highest BCUT2D eigenvalue weighted by molar-refractivity contribution is 5.87. The Balaban J connectivity index is 1.36. The first-order valence-electron chi connectivity index (χ1n) is 15.2. The van der Waals surface area contributed by atoms with E-state index >= 15 is 0 Å². The zero-order valence-electron chi connectivity index (χ0n) is 26.1. The number of carbonyl (C=O) groups excluding carboxylic acids is 2. The first-order valence-corrected chi connectivity index (χ1v) is 15.2. The molecule has 0 aliphatic carbocycles. The van der Waals surface area contributed by atoms with Crippen LogP contribution in [0.5, 0.6) is 0 Å². The van der Waals surface area contributed by atoms with E-state index in [1.54, 1.807) is 0 Å². The highest BCUT2D eigenvalue weighted by Gasteiger charge is 2.25. The third-order valence-corrected chi connectivity index (χ3v) is 7.99. The molecule has 4 aromatic rings. The molecule has 1 amide bonds. The Morgan fingerprint density at radius 1 is 0.977 bits per heavy atom. The minimum atomic E-state index is -0.501. The van der Waals surface area contributed by atoms with Crippen molar-refractivity contribution in [1.29, 1.82) is 0 Å². The van der Waals surface area contributed by atoms with Gasteiger partial charge in [0.2, 0.25) is 5.91 Å². The third-order valence-electron chi connectivity index (χ3n) is 7.99. The number of amides is 1. The molecule has 1 fully saturated rings. The summed E-state index contributed by atoms with van der Waals surface area (Å²) in [5.74, 6) is -0.250. The van der Waals surface area contributed by atoms with Gasteiger partial charge in [-0.3, -0.25) is 9.59 Å². The van der Waals surface area contributed by atoms with E-state index in [1.165, 1.54) is 11.3 Å². The van der Waals surface area contributed by atoms with Gasteiger partial charge in [-0.2, -0.15) is 0 Å². The van der Waals surface area contributed by atoms with E-state index in [0.717, 1.165) is 59.3 Å². The molecule has 5 rings (SSSR count). The maximum Gasteiger partial charge on any atom is 0.306 e. The summed E-state index contributed by atoms with van der Waals surface area (Å²) in [6, 6.07) is 22.6. The summed E-state index contributed by atoms with van der Waals surface area (Å²) < 4.78 is 5.49. The van der Waals surface area contributed by atoms with E-state index in [1.807, 2.05) is 57.3 Å². The molecule has 1 aromatic heterocycles. The number of benzene rings is 3. The molecule has 7 heteroatoms. The smallest absolute Gasteiger partial charge is 0.306 e. The van der Waals surface area contributed by atoms with Gasteiger partial charge in [0.25, 0.3) is 0 Å². The quantitative estimate of drug-likeness (QED) is 0.239.